The Labute approximate surface area is 119 Å². The van der Waals surface area contributed by atoms with E-state index in [1.54, 1.807) is 19.3 Å². The summed E-state index contributed by atoms with van der Waals surface area (Å²) >= 11 is 0. The Morgan fingerprint density at radius 1 is 1.25 bits per heavy atom. The van der Waals surface area contributed by atoms with Gasteiger partial charge in [-0.15, -0.1) is 0 Å². The summed E-state index contributed by atoms with van der Waals surface area (Å²) in [6.07, 6.45) is 4.85. The van der Waals surface area contributed by atoms with Crippen LogP contribution in [0.2, 0.25) is 0 Å². The quantitative estimate of drug-likeness (QED) is 0.898. The van der Waals surface area contributed by atoms with E-state index in [0.29, 0.717) is 18.3 Å². The molecule has 0 bridgehead atoms. The lowest BCUT2D eigenvalue weighted by Gasteiger charge is -2.29. The van der Waals surface area contributed by atoms with Gasteiger partial charge in [0.2, 0.25) is 0 Å². The molecule has 2 atom stereocenters. The van der Waals surface area contributed by atoms with E-state index in [1.807, 2.05) is 6.07 Å². The highest BCUT2D eigenvalue weighted by molar-refractivity contribution is 5.30. The van der Waals surface area contributed by atoms with Crippen molar-refractivity contribution < 1.29 is 9.52 Å². The fraction of sp³-hybridized carbons (Fsp3) is 0.412. The van der Waals surface area contributed by atoms with Gasteiger partial charge in [-0.25, -0.2) is 0 Å². The summed E-state index contributed by atoms with van der Waals surface area (Å²) in [6, 6.07) is 12.7. The monoisotopic (exact) mass is 271 g/mol. The van der Waals surface area contributed by atoms with Crippen molar-refractivity contribution in [3.05, 3.63) is 59.5 Å². The second kappa shape index (κ2) is 5.43. The third-order valence-corrected chi connectivity index (χ3v) is 4.13. The number of fused-ring (bicyclic) bond motifs is 1. The largest absolute Gasteiger partial charge is 0.466 e. The summed E-state index contributed by atoms with van der Waals surface area (Å²) in [4.78, 5) is 0. The van der Waals surface area contributed by atoms with Crippen LogP contribution >= 0.6 is 0 Å². The fourth-order valence-corrected chi connectivity index (χ4v) is 2.89. The molecule has 0 spiro atoms. The average molecular weight is 271 g/mol. The highest BCUT2D eigenvalue weighted by atomic mass is 16.4. The lowest BCUT2D eigenvalue weighted by molar-refractivity contribution is 0.0311. The minimum absolute atomic E-state index is 0.423. The van der Waals surface area contributed by atoms with Gasteiger partial charge < -0.3 is 14.8 Å². The number of hydrogen-bond donors (Lipinski definition) is 2. The number of aryl methyl sites for hydroxylation is 1. The van der Waals surface area contributed by atoms with Crippen molar-refractivity contribution >= 4 is 0 Å². The highest BCUT2D eigenvalue weighted by Crippen LogP contribution is 2.23. The molecule has 0 amide bonds. The van der Waals surface area contributed by atoms with Crippen LogP contribution in [0.15, 0.2) is 47.1 Å². The molecular formula is C17H21NO2. The first kappa shape index (κ1) is 13.4. The Balaban J connectivity index is 1.60. The first-order chi connectivity index (χ1) is 9.65. The van der Waals surface area contributed by atoms with Crippen LogP contribution in [0.5, 0.6) is 0 Å². The molecule has 0 unspecified atom stereocenters. The zero-order chi connectivity index (χ0) is 14.0. The lowest BCUT2D eigenvalue weighted by Crippen LogP contribution is -2.43. The van der Waals surface area contributed by atoms with E-state index < -0.39 is 5.60 Å². The molecule has 3 heteroatoms. The maximum absolute atomic E-state index is 10.4. The molecule has 3 rings (SSSR count). The maximum atomic E-state index is 10.4. The molecular weight excluding hydrogens is 250 g/mol. The van der Waals surface area contributed by atoms with Crippen molar-refractivity contribution in [1.29, 1.82) is 0 Å². The first-order valence-corrected chi connectivity index (χ1v) is 7.22. The number of aliphatic hydroxyl groups is 1. The second-order valence-corrected chi connectivity index (χ2v) is 5.84. The Bertz CT molecular complexity index is 560. The highest BCUT2D eigenvalue weighted by Gasteiger charge is 2.28. The van der Waals surface area contributed by atoms with Gasteiger partial charge in [0, 0.05) is 12.6 Å². The van der Waals surface area contributed by atoms with E-state index in [-0.39, 0.29) is 0 Å². The van der Waals surface area contributed by atoms with Gasteiger partial charge in [0.05, 0.1) is 6.26 Å². The number of hydrogen-bond acceptors (Lipinski definition) is 3. The van der Waals surface area contributed by atoms with Crippen molar-refractivity contribution in [2.24, 2.45) is 0 Å². The number of furan rings is 1. The third-order valence-electron chi connectivity index (χ3n) is 4.13. The van der Waals surface area contributed by atoms with Crippen LogP contribution in [0.25, 0.3) is 0 Å². The SMILES string of the molecule is C[C@](O)(CN[C@H]1CCc2ccccc2C1)c1ccco1. The van der Waals surface area contributed by atoms with Crippen molar-refractivity contribution in [1.82, 2.24) is 5.32 Å². The molecule has 1 aliphatic carbocycles. The summed E-state index contributed by atoms with van der Waals surface area (Å²) in [5.41, 5.74) is 1.93. The molecule has 2 aromatic rings. The number of benzene rings is 1. The Morgan fingerprint density at radius 3 is 2.80 bits per heavy atom. The van der Waals surface area contributed by atoms with Gasteiger partial charge in [-0.1, -0.05) is 24.3 Å². The molecule has 0 aliphatic heterocycles. The molecule has 1 aromatic heterocycles. The Hall–Kier alpha value is -1.58. The summed E-state index contributed by atoms with van der Waals surface area (Å²) in [5, 5.41) is 13.9. The van der Waals surface area contributed by atoms with Gasteiger partial charge in [-0.3, -0.25) is 0 Å². The van der Waals surface area contributed by atoms with Gasteiger partial charge in [0.15, 0.2) is 0 Å². The van der Waals surface area contributed by atoms with Crippen LogP contribution in [-0.4, -0.2) is 17.7 Å². The summed E-state index contributed by atoms with van der Waals surface area (Å²) in [6.45, 7) is 2.29. The molecule has 1 aliphatic rings. The summed E-state index contributed by atoms with van der Waals surface area (Å²) < 4.78 is 5.30. The fourth-order valence-electron chi connectivity index (χ4n) is 2.89. The molecule has 0 saturated carbocycles. The van der Waals surface area contributed by atoms with Crippen LogP contribution in [0, 0.1) is 0 Å². The maximum Gasteiger partial charge on any atom is 0.136 e. The van der Waals surface area contributed by atoms with Crippen molar-refractivity contribution in [2.75, 3.05) is 6.54 Å². The molecule has 0 fully saturated rings. The van der Waals surface area contributed by atoms with Crippen LogP contribution in [0.1, 0.15) is 30.2 Å². The number of rotatable bonds is 4. The smallest absolute Gasteiger partial charge is 0.136 e. The van der Waals surface area contributed by atoms with E-state index in [0.717, 1.165) is 19.3 Å². The van der Waals surface area contributed by atoms with Crippen molar-refractivity contribution in [3.63, 3.8) is 0 Å². The molecule has 3 nitrogen and oxygen atoms in total. The molecule has 1 heterocycles. The molecule has 0 radical (unpaired) electrons. The first-order valence-electron chi connectivity index (χ1n) is 7.22. The number of nitrogens with one attached hydrogen (secondary N) is 1. The minimum atomic E-state index is -0.958. The third kappa shape index (κ3) is 2.79. The van der Waals surface area contributed by atoms with Crippen LogP contribution in [0.3, 0.4) is 0 Å². The molecule has 2 N–H and O–H groups in total. The zero-order valence-electron chi connectivity index (χ0n) is 11.8. The normalized spacial score (nSPS) is 21.2. The Morgan fingerprint density at radius 2 is 2.05 bits per heavy atom. The van der Waals surface area contributed by atoms with E-state index >= 15 is 0 Å². The van der Waals surface area contributed by atoms with Crippen LogP contribution in [0.4, 0.5) is 0 Å². The topological polar surface area (TPSA) is 45.4 Å². The minimum Gasteiger partial charge on any atom is -0.466 e. The zero-order valence-corrected chi connectivity index (χ0v) is 11.8. The van der Waals surface area contributed by atoms with E-state index in [1.165, 1.54) is 11.1 Å². The van der Waals surface area contributed by atoms with Crippen molar-refractivity contribution in [3.8, 4) is 0 Å². The predicted octanol–water partition coefficient (Wildman–Crippen LogP) is 2.63. The standard InChI is InChI=1S/C17H21NO2/c1-17(19,16-7-4-10-20-16)12-18-15-9-8-13-5-2-3-6-14(13)11-15/h2-7,10,15,18-19H,8-9,11-12H2,1H3/t15-,17-/m0/s1. The Kier molecular flexibility index (Phi) is 3.64. The lowest BCUT2D eigenvalue weighted by atomic mass is 9.88. The van der Waals surface area contributed by atoms with E-state index in [4.69, 9.17) is 4.42 Å². The molecule has 1 aromatic carbocycles. The van der Waals surface area contributed by atoms with Crippen molar-refractivity contribution in [2.45, 2.75) is 37.8 Å². The second-order valence-electron chi connectivity index (χ2n) is 5.84. The molecule has 106 valence electrons. The van der Waals surface area contributed by atoms with Gasteiger partial charge in [0.25, 0.3) is 0 Å². The summed E-state index contributed by atoms with van der Waals surface area (Å²) in [5.74, 6) is 0.612. The van der Waals surface area contributed by atoms with Gasteiger partial charge in [0.1, 0.15) is 11.4 Å². The van der Waals surface area contributed by atoms with Gasteiger partial charge in [-0.2, -0.15) is 0 Å². The van der Waals surface area contributed by atoms with E-state index in [2.05, 4.69) is 29.6 Å². The average Bonchev–Trinajstić information content (AvgIpc) is 3.00. The summed E-state index contributed by atoms with van der Waals surface area (Å²) in [7, 11) is 0. The molecule has 20 heavy (non-hydrogen) atoms. The van der Waals surface area contributed by atoms with Gasteiger partial charge in [-0.05, 0) is 49.4 Å². The predicted molar refractivity (Wildman–Crippen MR) is 78.5 cm³/mol. The molecule has 0 saturated heterocycles. The van der Waals surface area contributed by atoms with E-state index in [9.17, 15) is 5.11 Å². The van der Waals surface area contributed by atoms with Gasteiger partial charge >= 0.3 is 0 Å². The van der Waals surface area contributed by atoms with Crippen LogP contribution in [-0.2, 0) is 18.4 Å². The van der Waals surface area contributed by atoms with Crippen LogP contribution < -0.4 is 5.32 Å².